The van der Waals surface area contributed by atoms with Crippen molar-refractivity contribution in [2.24, 2.45) is 0 Å². The molecule has 3 heterocycles. The molecule has 0 atom stereocenters. The number of aryl methyl sites for hydroxylation is 2. The van der Waals surface area contributed by atoms with E-state index in [-0.39, 0.29) is 5.56 Å². The summed E-state index contributed by atoms with van der Waals surface area (Å²) in [5, 5.41) is 3.36. The third-order valence-corrected chi connectivity index (χ3v) is 5.38. The number of ether oxygens (including phenoxy) is 1. The number of thiazole rings is 1. The zero-order valence-corrected chi connectivity index (χ0v) is 14.6. The van der Waals surface area contributed by atoms with Crippen LogP contribution in [-0.4, -0.2) is 27.1 Å². The monoisotopic (exact) mass is 349 g/mol. The highest BCUT2D eigenvalue weighted by Crippen LogP contribution is 2.27. The Labute approximate surface area is 140 Å². The van der Waals surface area contributed by atoms with Crippen molar-refractivity contribution < 1.29 is 9.53 Å². The molecule has 3 rings (SSSR count). The molecule has 0 spiro atoms. The third-order valence-electron chi connectivity index (χ3n) is 3.38. The lowest BCUT2D eigenvalue weighted by Crippen LogP contribution is -2.21. The average Bonchev–Trinajstić information content (AvgIpc) is 3.06. The largest absolute Gasteiger partial charge is 0.462 e. The van der Waals surface area contributed by atoms with Gasteiger partial charge in [0.1, 0.15) is 9.71 Å². The molecule has 120 valence electrons. The first kappa shape index (κ1) is 15.8. The van der Waals surface area contributed by atoms with Crippen molar-refractivity contribution in [1.82, 2.24) is 14.5 Å². The molecule has 3 aromatic heterocycles. The molecular weight excluding hydrogens is 334 g/mol. The Morgan fingerprint density at radius 3 is 2.83 bits per heavy atom. The Bertz CT molecular complexity index is 939. The highest BCUT2D eigenvalue weighted by molar-refractivity contribution is 7.20. The summed E-state index contributed by atoms with van der Waals surface area (Å²) in [6.45, 7) is 6.10. The van der Waals surface area contributed by atoms with Crippen molar-refractivity contribution in [2.75, 3.05) is 6.61 Å². The van der Waals surface area contributed by atoms with E-state index in [0.29, 0.717) is 33.8 Å². The van der Waals surface area contributed by atoms with Crippen LogP contribution in [0.3, 0.4) is 0 Å². The maximum absolute atomic E-state index is 12.7. The highest BCUT2D eigenvalue weighted by atomic mass is 32.1. The van der Waals surface area contributed by atoms with Crippen LogP contribution in [0.4, 0.5) is 0 Å². The number of nitrogens with zero attached hydrogens (tertiary/aromatic N) is 3. The predicted molar refractivity (Wildman–Crippen MR) is 90.5 cm³/mol. The van der Waals surface area contributed by atoms with Crippen molar-refractivity contribution in [1.29, 1.82) is 0 Å². The summed E-state index contributed by atoms with van der Waals surface area (Å²) < 4.78 is 6.55. The van der Waals surface area contributed by atoms with Gasteiger partial charge in [0.05, 0.1) is 35.6 Å². The van der Waals surface area contributed by atoms with Crippen molar-refractivity contribution in [3.05, 3.63) is 43.2 Å². The van der Waals surface area contributed by atoms with Crippen LogP contribution in [0.15, 0.2) is 16.5 Å². The van der Waals surface area contributed by atoms with Crippen LogP contribution in [0.1, 0.15) is 32.9 Å². The van der Waals surface area contributed by atoms with E-state index in [4.69, 9.17) is 4.74 Å². The quantitative estimate of drug-likeness (QED) is 0.677. The van der Waals surface area contributed by atoms with E-state index in [0.717, 1.165) is 10.7 Å². The molecule has 0 unspecified atom stereocenters. The second-order valence-corrected chi connectivity index (χ2v) is 7.05. The normalized spacial score (nSPS) is 11.1. The van der Waals surface area contributed by atoms with Gasteiger partial charge in [0.2, 0.25) is 0 Å². The lowest BCUT2D eigenvalue weighted by atomic mass is 10.2. The van der Waals surface area contributed by atoms with E-state index in [1.165, 1.54) is 22.2 Å². The summed E-state index contributed by atoms with van der Waals surface area (Å²) in [6.07, 6.45) is 1.50. The summed E-state index contributed by atoms with van der Waals surface area (Å²) >= 11 is 2.74. The number of carbonyl (C=O) groups is 1. The number of esters is 1. The van der Waals surface area contributed by atoms with Gasteiger partial charge in [-0.2, -0.15) is 0 Å². The lowest BCUT2D eigenvalue weighted by Gasteiger charge is -2.03. The zero-order chi connectivity index (χ0) is 16.6. The van der Waals surface area contributed by atoms with Gasteiger partial charge in [-0.05, 0) is 26.3 Å². The third kappa shape index (κ3) is 2.91. The minimum Gasteiger partial charge on any atom is -0.462 e. The van der Waals surface area contributed by atoms with Crippen molar-refractivity contribution in [3.8, 4) is 0 Å². The fourth-order valence-electron chi connectivity index (χ4n) is 2.32. The maximum Gasteiger partial charge on any atom is 0.348 e. The van der Waals surface area contributed by atoms with Gasteiger partial charge < -0.3 is 4.74 Å². The molecular formula is C15H15N3O3S2. The molecule has 0 saturated heterocycles. The molecule has 0 aliphatic heterocycles. The molecule has 8 heteroatoms. The van der Waals surface area contributed by atoms with Gasteiger partial charge >= 0.3 is 5.97 Å². The van der Waals surface area contributed by atoms with Gasteiger partial charge in [-0.25, -0.2) is 14.8 Å². The summed E-state index contributed by atoms with van der Waals surface area (Å²) in [7, 11) is 0. The Morgan fingerprint density at radius 1 is 1.39 bits per heavy atom. The molecule has 0 bridgehead atoms. The maximum atomic E-state index is 12.7. The van der Waals surface area contributed by atoms with E-state index in [9.17, 15) is 9.59 Å². The molecule has 0 aliphatic carbocycles. The first-order chi connectivity index (χ1) is 11.0. The van der Waals surface area contributed by atoms with E-state index in [2.05, 4.69) is 9.97 Å². The fourth-order valence-corrected chi connectivity index (χ4v) is 3.96. The highest BCUT2D eigenvalue weighted by Gasteiger charge is 2.20. The molecule has 3 aromatic rings. The fraction of sp³-hybridized carbons (Fsp3) is 0.333. The Kier molecular flexibility index (Phi) is 4.27. The predicted octanol–water partition coefficient (Wildman–Crippen LogP) is 2.76. The molecule has 0 saturated carbocycles. The molecule has 0 fully saturated rings. The number of hydrogen-bond donors (Lipinski definition) is 0. The number of thiophene rings is 1. The Balaban J connectivity index is 2.06. The molecule has 23 heavy (non-hydrogen) atoms. The van der Waals surface area contributed by atoms with Gasteiger partial charge in [0, 0.05) is 5.38 Å². The van der Waals surface area contributed by atoms with Crippen LogP contribution in [0, 0.1) is 13.8 Å². The number of aromatic nitrogens is 3. The van der Waals surface area contributed by atoms with Crippen LogP contribution >= 0.6 is 22.7 Å². The SMILES string of the molecule is CCOC(=O)c1sc2ncn(Cc3csc(C)n3)c(=O)c2c1C. The topological polar surface area (TPSA) is 74.1 Å². The second-order valence-electron chi connectivity index (χ2n) is 4.99. The first-order valence-corrected chi connectivity index (χ1v) is 8.77. The standard InChI is InChI=1S/C15H15N3O3S2/c1-4-21-15(20)12-8(2)11-13(23-12)16-7-18(14(11)19)5-10-6-22-9(3)17-10/h6-7H,4-5H2,1-3H3. The van der Waals surface area contributed by atoms with Gasteiger partial charge in [-0.15, -0.1) is 22.7 Å². The van der Waals surface area contributed by atoms with E-state index < -0.39 is 5.97 Å². The van der Waals surface area contributed by atoms with Crippen LogP contribution in [0.5, 0.6) is 0 Å². The molecule has 0 radical (unpaired) electrons. The average molecular weight is 349 g/mol. The molecule has 0 aromatic carbocycles. The number of carbonyl (C=O) groups excluding carboxylic acids is 1. The Hall–Kier alpha value is -2.06. The van der Waals surface area contributed by atoms with Crippen molar-refractivity contribution in [2.45, 2.75) is 27.3 Å². The van der Waals surface area contributed by atoms with Crippen LogP contribution in [0.2, 0.25) is 0 Å². The number of rotatable bonds is 4. The zero-order valence-electron chi connectivity index (χ0n) is 13.0. The molecule has 6 nitrogen and oxygen atoms in total. The molecule has 0 N–H and O–H groups in total. The summed E-state index contributed by atoms with van der Waals surface area (Å²) in [6, 6.07) is 0. The summed E-state index contributed by atoms with van der Waals surface area (Å²) in [5.41, 5.74) is 1.30. The van der Waals surface area contributed by atoms with E-state index in [1.807, 2.05) is 12.3 Å². The van der Waals surface area contributed by atoms with Gasteiger partial charge in [-0.3, -0.25) is 9.36 Å². The Morgan fingerprint density at radius 2 is 2.17 bits per heavy atom. The van der Waals surface area contributed by atoms with Gasteiger partial charge in [0.25, 0.3) is 5.56 Å². The smallest absolute Gasteiger partial charge is 0.348 e. The van der Waals surface area contributed by atoms with Crippen LogP contribution < -0.4 is 5.56 Å². The van der Waals surface area contributed by atoms with Crippen LogP contribution in [-0.2, 0) is 11.3 Å². The summed E-state index contributed by atoms with van der Waals surface area (Å²) in [4.78, 5) is 34.4. The first-order valence-electron chi connectivity index (χ1n) is 7.08. The second kappa shape index (κ2) is 6.21. The number of hydrogen-bond acceptors (Lipinski definition) is 7. The van der Waals surface area contributed by atoms with Crippen LogP contribution in [0.25, 0.3) is 10.2 Å². The van der Waals surface area contributed by atoms with Crippen molar-refractivity contribution in [3.63, 3.8) is 0 Å². The molecule has 0 aliphatic rings. The van der Waals surface area contributed by atoms with Gasteiger partial charge in [-0.1, -0.05) is 0 Å². The van der Waals surface area contributed by atoms with Gasteiger partial charge in [0.15, 0.2) is 0 Å². The van der Waals surface area contributed by atoms with E-state index in [1.54, 1.807) is 25.2 Å². The molecule has 0 amide bonds. The minimum atomic E-state index is -0.408. The lowest BCUT2D eigenvalue weighted by molar-refractivity contribution is 0.0531. The van der Waals surface area contributed by atoms with Crippen molar-refractivity contribution >= 4 is 38.9 Å². The summed E-state index contributed by atoms with van der Waals surface area (Å²) in [5.74, 6) is -0.408. The minimum absolute atomic E-state index is 0.162. The van der Waals surface area contributed by atoms with E-state index >= 15 is 0 Å². The number of fused-ring (bicyclic) bond motifs is 1.